The zero-order valence-corrected chi connectivity index (χ0v) is 26.0. The van der Waals surface area contributed by atoms with Gasteiger partial charge in [0.15, 0.2) is 17.1 Å². The molecule has 1 aliphatic heterocycles. The maximum atomic E-state index is 14.4. The lowest BCUT2D eigenvalue weighted by atomic mass is 9.93. The number of carbonyl (C=O) groups is 3. The molecule has 0 unspecified atom stereocenters. The van der Waals surface area contributed by atoms with E-state index in [1.807, 2.05) is 59.8 Å². The van der Waals surface area contributed by atoms with Crippen LogP contribution in [0.4, 0.5) is 0 Å². The highest BCUT2D eigenvalue weighted by Gasteiger charge is 2.33. The first kappa shape index (κ1) is 31.3. The van der Waals surface area contributed by atoms with Crippen molar-refractivity contribution in [3.05, 3.63) is 62.4 Å². The standard InChI is InChI=1S/C34H36O9/c1-17(2)10-12-22-26(39-19(5)35)16-25-28(38)27-30(40-20(6)36)24-14-15-34(8,9)43-29(24)23(13-11-18(3)4)31(27)42-33(25)32(22)41-21(7)37/h10-11,14-16H,12-13H2,1-9H3. The molecule has 4 rings (SSSR count). The summed E-state index contributed by atoms with van der Waals surface area (Å²) in [6.07, 6.45) is 7.98. The number of carbonyl (C=O) groups excluding carboxylic acids is 3. The number of ether oxygens (including phenoxy) is 4. The van der Waals surface area contributed by atoms with Crippen LogP contribution in [-0.4, -0.2) is 23.5 Å². The summed E-state index contributed by atoms with van der Waals surface area (Å²) in [4.78, 5) is 51.2. The van der Waals surface area contributed by atoms with Gasteiger partial charge >= 0.3 is 17.9 Å². The normalized spacial score (nSPS) is 13.1. The summed E-state index contributed by atoms with van der Waals surface area (Å²) in [5.74, 6) is -1.53. The fourth-order valence-corrected chi connectivity index (χ4v) is 4.83. The minimum absolute atomic E-state index is 0.00570. The molecule has 2 aromatic carbocycles. The molecule has 0 aliphatic carbocycles. The predicted molar refractivity (Wildman–Crippen MR) is 164 cm³/mol. The van der Waals surface area contributed by atoms with Crippen LogP contribution in [0.1, 0.15) is 79.0 Å². The largest absolute Gasteiger partial charge is 0.483 e. The minimum Gasteiger partial charge on any atom is -0.483 e. The molecule has 9 heteroatoms. The molecule has 1 aliphatic rings. The number of allylic oxidation sites excluding steroid dienone is 4. The summed E-state index contributed by atoms with van der Waals surface area (Å²) in [5.41, 5.74) is 2.16. The smallest absolute Gasteiger partial charge is 0.308 e. The lowest BCUT2D eigenvalue weighted by Gasteiger charge is -2.31. The van der Waals surface area contributed by atoms with Gasteiger partial charge < -0.3 is 23.4 Å². The van der Waals surface area contributed by atoms with E-state index < -0.39 is 28.9 Å². The van der Waals surface area contributed by atoms with E-state index in [0.29, 0.717) is 28.9 Å². The number of benzene rings is 2. The zero-order chi connectivity index (χ0) is 31.8. The van der Waals surface area contributed by atoms with E-state index in [4.69, 9.17) is 23.4 Å². The van der Waals surface area contributed by atoms with Gasteiger partial charge in [0.05, 0.1) is 10.9 Å². The Labute approximate surface area is 249 Å². The Kier molecular flexibility index (Phi) is 8.67. The number of fused-ring (bicyclic) bond motifs is 3. The van der Waals surface area contributed by atoms with Crippen LogP contribution in [0.5, 0.6) is 23.0 Å². The number of esters is 3. The van der Waals surface area contributed by atoms with Crippen LogP contribution >= 0.6 is 0 Å². The zero-order valence-electron chi connectivity index (χ0n) is 26.0. The van der Waals surface area contributed by atoms with Gasteiger partial charge in [0.1, 0.15) is 28.1 Å². The maximum Gasteiger partial charge on any atom is 0.308 e. The Morgan fingerprint density at radius 2 is 1.35 bits per heavy atom. The van der Waals surface area contributed by atoms with Crippen molar-refractivity contribution in [2.75, 3.05) is 0 Å². The molecule has 0 radical (unpaired) electrons. The summed E-state index contributed by atoms with van der Waals surface area (Å²) in [5, 5.41) is -0.0188. The maximum absolute atomic E-state index is 14.4. The molecular formula is C34H36O9. The van der Waals surface area contributed by atoms with E-state index in [1.54, 1.807) is 6.08 Å². The van der Waals surface area contributed by atoms with E-state index in [2.05, 4.69) is 0 Å². The van der Waals surface area contributed by atoms with Crippen LogP contribution < -0.4 is 24.4 Å². The second-order valence-electron chi connectivity index (χ2n) is 11.5. The highest BCUT2D eigenvalue weighted by atomic mass is 16.6. The molecule has 1 aromatic heterocycles. The molecule has 0 spiro atoms. The van der Waals surface area contributed by atoms with Crippen molar-refractivity contribution in [3.8, 4) is 23.0 Å². The van der Waals surface area contributed by atoms with Gasteiger partial charge in [0.25, 0.3) is 0 Å². The highest BCUT2D eigenvalue weighted by molar-refractivity contribution is 6.03. The first-order valence-corrected chi connectivity index (χ1v) is 13.9. The van der Waals surface area contributed by atoms with Crippen LogP contribution in [0.2, 0.25) is 0 Å². The van der Waals surface area contributed by atoms with E-state index in [-0.39, 0.29) is 45.6 Å². The summed E-state index contributed by atoms with van der Waals surface area (Å²) in [6, 6.07) is 1.39. The molecule has 0 amide bonds. The average molecular weight is 589 g/mol. The van der Waals surface area contributed by atoms with Gasteiger partial charge in [0, 0.05) is 31.9 Å². The van der Waals surface area contributed by atoms with Gasteiger partial charge in [-0.15, -0.1) is 0 Å². The van der Waals surface area contributed by atoms with Gasteiger partial charge in [-0.2, -0.15) is 0 Å². The SMILES string of the molecule is CC(=O)Oc1cc2c(=O)c3c(OC(C)=O)c4c(c(CC=C(C)C)c3oc2c(OC(C)=O)c1CC=C(C)C)OC(C)(C)C=C4. The molecule has 226 valence electrons. The summed E-state index contributed by atoms with van der Waals surface area (Å²) < 4.78 is 29.7. The molecule has 43 heavy (non-hydrogen) atoms. The van der Waals surface area contributed by atoms with Crippen molar-refractivity contribution >= 4 is 45.9 Å². The van der Waals surface area contributed by atoms with Crippen molar-refractivity contribution in [2.24, 2.45) is 0 Å². The van der Waals surface area contributed by atoms with E-state index in [0.717, 1.165) is 11.1 Å². The molecule has 0 saturated heterocycles. The topological polar surface area (TPSA) is 118 Å². The van der Waals surface area contributed by atoms with E-state index >= 15 is 0 Å². The van der Waals surface area contributed by atoms with Crippen molar-refractivity contribution in [3.63, 3.8) is 0 Å². The van der Waals surface area contributed by atoms with Gasteiger partial charge in [0.2, 0.25) is 5.43 Å². The predicted octanol–water partition coefficient (Wildman–Crippen LogP) is 6.92. The van der Waals surface area contributed by atoms with Gasteiger partial charge in [-0.05, 0) is 72.6 Å². The molecule has 0 atom stereocenters. The van der Waals surface area contributed by atoms with Gasteiger partial charge in [-0.25, -0.2) is 0 Å². The van der Waals surface area contributed by atoms with Crippen molar-refractivity contribution in [1.82, 2.24) is 0 Å². The monoisotopic (exact) mass is 588 g/mol. The van der Waals surface area contributed by atoms with E-state index in [9.17, 15) is 19.2 Å². The van der Waals surface area contributed by atoms with Crippen molar-refractivity contribution in [1.29, 1.82) is 0 Å². The van der Waals surface area contributed by atoms with E-state index in [1.165, 1.54) is 26.8 Å². The first-order chi connectivity index (χ1) is 20.1. The fourth-order valence-electron chi connectivity index (χ4n) is 4.83. The molecule has 0 saturated carbocycles. The Morgan fingerprint density at radius 3 is 1.91 bits per heavy atom. The third-order valence-corrected chi connectivity index (χ3v) is 6.66. The third kappa shape index (κ3) is 6.56. The lowest BCUT2D eigenvalue weighted by Crippen LogP contribution is -2.29. The lowest BCUT2D eigenvalue weighted by molar-refractivity contribution is -0.133. The molecular weight excluding hydrogens is 552 g/mol. The Hall–Kier alpha value is -4.66. The molecule has 0 N–H and O–H groups in total. The molecule has 2 heterocycles. The van der Waals surface area contributed by atoms with Crippen LogP contribution in [0, 0.1) is 0 Å². The summed E-state index contributed by atoms with van der Waals surface area (Å²) in [6.45, 7) is 15.2. The van der Waals surface area contributed by atoms with Crippen LogP contribution in [0.25, 0.3) is 28.0 Å². The van der Waals surface area contributed by atoms with Crippen molar-refractivity contribution < 1.29 is 37.7 Å². The second kappa shape index (κ2) is 11.9. The first-order valence-electron chi connectivity index (χ1n) is 13.9. The Balaban J connectivity index is 2.30. The number of rotatable bonds is 7. The Bertz CT molecular complexity index is 1820. The van der Waals surface area contributed by atoms with Crippen LogP contribution in [-0.2, 0) is 27.2 Å². The summed E-state index contributed by atoms with van der Waals surface area (Å²) >= 11 is 0. The molecule has 0 fully saturated rings. The third-order valence-electron chi connectivity index (χ3n) is 6.66. The minimum atomic E-state index is -0.704. The number of hydrogen-bond acceptors (Lipinski definition) is 9. The quantitative estimate of drug-likeness (QED) is 0.125. The molecule has 9 nitrogen and oxygen atoms in total. The van der Waals surface area contributed by atoms with Gasteiger partial charge in [-0.1, -0.05) is 23.3 Å². The Morgan fingerprint density at radius 1 is 0.791 bits per heavy atom. The van der Waals surface area contributed by atoms with Crippen LogP contribution in [0.3, 0.4) is 0 Å². The highest BCUT2D eigenvalue weighted by Crippen LogP contribution is 2.47. The fraction of sp³-hybridized carbons (Fsp3) is 0.353. The number of hydrogen-bond donors (Lipinski definition) is 0. The van der Waals surface area contributed by atoms with Crippen molar-refractivity contribution in [2.45, 2.75) is 80.8 Å². The summed E-state index contributed by atoms with van der Waals surface area (Å²) in [7, 11) is 0. The second-order valence-corrected chi connectivity index (χ2v) is 11.5. The molecule has 3 aromatic rings. The van der Waals surface area contributed by atoms with Crippen LogP contribution in [0.15, 0.2) is 44.7 Å². The van der Waals surface area contributed by atoms with Gasteiger partial charge in [-0.3, -0.25) is 19.2 Å². The average Bonchev–Trinajstić information content (AvgIpc) is 2.86. The molecule has 0 bridgehead atoms.